The van der Waals surface area contributed by atoms with E-state index in [9.17, 15) is 14.4 Å². The summed E-state index contributed by atoms with van der Waals surface area (Å²) in [6, 6.07) is 4.61. The Hall–Kier alpha value is -1.79. The molecule has 24 heavy (non-hydrogen) atoms. The molecule has 0 atom stereocenters. The zero-order valence-electron chi connectivity index (χ0n) is 13.5. The average molecular weight is 372 g/mol. The van der Waals surface area contributed by atoms with Crippen LogP contribution in [0.25, 0.3) is 0 Å². The van der Waals surface area contributed by atoms with Crippen molar-refractivity contribution in [2.24, 2.45) is 0 Å². The Morgan fingerprint density at radius 1 is 1.04 bits per heavy atom. The number of nitrogens with zero attached hydrogens (tertiary/aromatic N) is 2. The number of rotatable bonds is 2. The van der Waals surface area contributed by atoms with Gasteiger partial charge in [0.15, 0.2) is 0 Å². The number of hydrogen-bond acceptors (Lipinski definition) is 3. The second-order valence-electron chi connectivity index (χ2n) is 5.84. The fraction of sp³-hybridized carbons (Fsp3) is 0.438. The van der Waals surface area contributed by atoms with E-state index < -0.39 is 11.8 Å². The lowest BCUT2D eigenvalue weighted by Gasteiger charge is -2.34. The van der Waals surface area contributed by atoms with Crippen molar-refractivity contribution < 1.29 is 14.4 Å². The second kappa shape index (κ2) is 7.85. The highest BCUT2D eigenvalue weighted by atomic mass is 35.5. The predicted molar refractivity (Wildman–Crippen MR) is 92.2 cm³/mol. The summed E-state index contributed by atoms with van der Waals surface area (Å²) < 4.78 is 0. The van der Waals surface area contributed by atoms with Gasteiger partial charge >= 0.3 is 11.8 Å². The van der Waals surface area contributed by atoms with Crippen molar-refractivity contribution in [3.8, 4) is 0 Å². The van der Waals surface area contributed by atoms with Gasteiger partial charge < -0.3 is 15.1 Å². The maximum absolute atomic E-state index is 12.5. The van der Waals surface area contributed by atoms with Crippen LogP contribution in [0, 0.1) is 0 Å². The Morgan fingerprint density at radius 3 is 2.17 bits per heavy atom. The normalized spacial score (nSPS) is 14.7. The Morgan fingerprint density at radius 2 is 1.62 bits per heavy atom. The highest BCUT2D eigenvalue weighted by Crippen LogP contribution is 2.22. The second-order valence-corrected chi connectivity index (χ2v) is 6.68. The molecular formula is C16H19Cl2N3O3. The number of hydrogen-bond donors (Lipinski definition) is 1. The van der Waals surface area contributed by atoms with E-state index in [2.05, 4.69) is 5.32 Å². The van der Waals surface area contributed by atoms with Crippen LogP contribution in [0.2, 0.25) is 10.0 Å². The molecule has 1 aromatic carbocycles. The predicted octanol–water partition coefficient (Wildman–Crippen LogP) is 1.80. The van der Waals surface area contributed by atoms with Crippen LogP contribution in [-0.2, 0) is 9.59 Å². The number of carbonyl (C=O) groups excluding carboxylic acids is 3. The van der Waals surface area contributed by atoms with Gasteiger partial charge in [0.05, 0.1) is 10.6 Å². The maximum atomic E-state index is 12.5. The summed E-state index contributed by atoms with van der Waals surface area (Å²) in [6.45, 7) is 4.88. The maximum Gasteiger partial charge on any atom is 0.312 e. The zero-order chi connectivity index (χ0) is 17.9. The molecule has 8 heteroatoms. The molecule has 0 bridgehead atoms. The van der Waals surface area contributed by atoms with Gasteiger partial charge in [-0.15, -0.1) is 0 Å². The molecule has 1 aliphatic heterocycles. The van der Waals surface area contributed by atoms with E-state index in [-0.39, 0.29) is 11.9 Å². The molecule has 1 N–H and O–H groups in total. The van der Waals surface area contributed by atoms with Crippen molar-refractivity contribution in [3.05, 3.63) is 33.8 Å². The van der Waals surface area contributed by atoms with Gasteiger partial charge in [-0.05, 0) is 32.0 Å². The van der Waals surface area contributed by atoms with E-state index in [4.69, 9.17) is 23.2 Å². The van der Waals surface area contributed by atoms with E-state index in [1.54, 1.807) is 30.9 Å². The molecule has 3 amide bonds. The van der Waals surface area contributed by atoms with Gasteiger partial charge in [-0.25, -0.2) is 0 Å². The van der Waals surface area contributed by atoms with Crippen molar-refractivity contribution in [2.45, 2.75) is 19.9 Å². The molecule has 1 aromatic rings. The van der Waals surface area contributed by atoms with Gasteiger partial charge in [-0.3, -0.25) is 14.4 Å². The molecule has 1 aliphatic rings. The van der Waals surface area contributed by atoms with E-state index in [1.807, 2.05) is 0 Å². The molecule has 130 valence electrons. The van der Waals surface area contributed by atoms with Crippen LogP contribution in [0.4, 0.5) is 0 Å². The van der Waals surface area contributed by atoms with Crippen LogP contribution in [0.1, 0.15) is 24.2 Å². The van der Waals surface area contributed by atoms with Crippen LogP contribution in [-0.4, -0.2) is 59.7 Å². The largest absolute Gasteiger partial charge is 0.346 e. The Labute approximate surface area is 150 Å². The van der Waals surface area contributed by atoms with Crippen LogP contribution in [0.5, 0.6) is 0 Å². The van der Waals surface area contributed by atoms with Crippen LogP contribution in [0.15, 0.2) is 18.2 Å². The van der Waals surface area contributed by atoms with Gasteiger partial charge in [0.2, 0.25) is 0 Å². The van der Waals surface area contributed by atoms with Crippen molar-refractivity contribution in [1.82, 2.24) is 15.1 Å². The number of piperazine rings is 1. The molecule has 0 unspecified atom stereocenters. The van der Waals surface area contributed by atoms with Crippen LogP contribution < -0.4 is 5.32 Å². The molecule has 1 fully saturated rings. The number of carbonyl (C=O) groups is 3. The summed E-state index contributed by atoms with van der Waals surface area (Å²) >= 11 is 11.9. The van der Waals surface area contributed by atoms with Gasteiger partial charge in [0.25, 0.3) is 5.91 Å². The molecule has 2 rings (SSSR count). The molecule has 0 aliphatic carbocycles. The third kappa shape index (κ3) is 4.39. The van der Waals surface area contributed by atoms with Gasteiger partial charge in [-0.2, -0.15) is 0 Å². The minimum atomic E-state index is -0.620. The van der Waals surface area contributed by atoms with Crippen molar-refractivity contribution in [2.75, 3.05) is 26.2 Å². The molecule has 0 spiro atoms. The third-order valence-corrected chi connectivity index (χ3v) is 4.18. The van der Waals surface area contributed by atoms with Gasteiger partial charge in [0, 0.05) is 37.2 Å². The van der Waals surface area contributed by atoms with Crippen LogP contribution >= 0.6 is 23.2 Å². The summed E-state index contributed by atoms with van der Waals surface area (Å²) in [5.74, 6) is -1.40. The minimum absolute atomic E-state index is 0.101. The third-order valence-electron chi connectivity index (χ3n) is 3.63. The first-order valence-electron chi connectivity index (χ1n) is 7.63. The van der Waals surface area contributed by atoms with E-state index in [0.717, 1.165) is 0 Å². The lowest BCUT2D eigenvalue weighted by Crippen LogP contribution is -2.54. The summed E-state index contributed by atoms with van der Waals surface area (Å²) in [5.41, 5.74) is 0.374. The highest BCUT2D eigenvalue weighted by molar-refractivity contribution is 6.37. The standard InChI is InChI=1S/C16H19Cl2N3O3/c1-10(2)19-14(22)16(24)21-7-5-20(6-8-21)15(23)12-4-3-11(17)9-13(12)18/h3-4,9-10H,5-8H2,1-2H3,(H,19,22). The molecule has 0 saturated carbocycles. The fourth-order valence-corrected chi connectivity index (χ4v) is 2.90. The number of nitrogens with one attached hydrogen (secondary N) is 1. The molecule has 1 heterocycles. The van der Waals surface area contributed by atoms with E-state index >= 15 is 0 Å². The topological polar surface area (TPSA) is 69.7 Å². The number of benzene rings is 1. The lowest BCUT2D eigenvalue weighted by molar-refractivity contribution is -0.147. The van der Waals surface area contributed by atoms with Gasteiger partial charge in [-0.1, -0.05) is 23.2 Å². The minimum Gasteiger partial charge on any atom is -0.346 e. The molecule has 1 saturated heterocycles. The number of halogens is 2. The first kappa shape index (κ1) is 18.5. The summed E-state index contributed by atoms with van der Waals surface area (Å²) in [5, 5.41) is 3.33. The zero-order valence-corrected chi connectivity index (χ0v) is 15.0. The highest BCUT2D eigenvalue weighted by Gasteiger charge is 2.29. The summed E-state index contributed by atoms with van der Waals surface area (Å²) in [6.07, 6.45) is 0. The lowest BCUT2D eigenvalue weighted by atomic mass is 10.1. The fourth-order valence-electron chi connectivity index (χ4n) is 2.41. The van der Waals surface area contributed by atoms with Gasteiger partial charge in [0.1, 0.15) is 0 Å². The number of amides is 3. The Bertz CT molecular complexity index is 656. The van der Waals surface area contributed by atoms with E-state index in [0.29, 0.717) is 41.8 Å². The SMILES string of the molecule is CC(C)NC(=O)C(=O)N1CCN(C(=O)c2ccc(Cl)cc2Cl)CC1. The quantitative estimate of drug-likeness (QED) is 0.805. The van der Waals surface area contributed by atoms with Crippen molar-refractivity contribution in [1.29, 1.82) is 0 Å². The molecule has 0 radical (unpaired) electrons. The van der Waals surface area contributed by atoms with Crippen molar-refractivity contribution >= 4 is 40.9 Å². The Balaban J connectivity index is 1.96. The van der Waals surface area contributed by atoms with E-state index in [1.165, 1.54) is 11.0 Å². The molecule has 6 nitrogen and oxygen atoms in total. The van der Waals surface area contributed by atoms with Crippen molar-refractivity contribution in [3.63, 3.8) is 0 Å². The summed E-state index contributed by atoms with van der Waals surface area (Å²) in [4.78, 5) is 39.4. The Kier molecular flexibility index (Phi) is 6.07. The first-order chi connectivity index (χ1) is 11.3. The first-order valence-corrected chi connectivity index (χ1v) is 8.39. The smallest absolute Gasteiger partial charge is 0.312 e. The molecule has 0 aromatic heterocycles. The summed E-state index contributed by atoms with van der Waals surface area (Å²) in [7, 11) is 0. The monoisotopic (exact) mass is 371 g/mol. The van der Waals surface area contributed by atoms with Crippen LogP contribution in [0.3, 0.4) is 0 Å². The average Bonchev–Trinajstić information content (AvgIpc) is 2.53. The molecular weight excluding hydrogens is 353 g/mol.